The summed E-state index contributed by atoms with van der Waals surface area (Å²) in [4.78, 5) is 18.8. The molecule has 1 N–H and O–H groups in total. The van der Waals surface area contributed by atoms with E-state index in [4.69, 9.17) is 0 Å². The number of nitrogens with zero attached hydrogens (tertiary/aromatic N) is 2. The minimum Gasteiger partial charge on any atom is -0.340 e. The van der Waals surface area contributed by atoms with E-state index in [1.807, 2.05) is 4.90 Å². The SMILES string of the molecule is CCC1CCCCN1C(=O)c1ccc(Nc2cccc(C(F)(F)F)c2)nc1. The smallest absolute Gasteiger partial charge is 0.340 e. The van der Waals surface area contributed by atoms with Crippen LogP contribution in [-0.4, -0.2) is 28.4 Å². The molecule has 0 saturated carbocycles. The number of hydrogen-bond acceptors (Lipinski definition) is 3. The maximum absolute atomic E-state index is 12.8. The fourth-order valence-electron chi connectivity index (χ4n) is 3.37. The second-order valence-electron chi connectivity index (χ2n) is 6.69. The van der Waals surface area contributed by atoms with E-state index >= 15 is 0 Å². The fourth-order valence-corrected chi connectivity index (χ4v) is 3.37. The Bertz CT molecular complexity index is 790. The van der Waals surface area contributed by atoms with Crippen LogP contribution in [0.4, 0.5) is 24.7 Å². The highest BCUT2D eigenvalue weighted by atomic mass is 19.4. The Kier molecular flexibility index (Phi) is 5.68. The second kappa shape index (κ2) is 7.98. The summed E-state index contributed by atoms with van der Waals surface area (Å²) in [5.74, 6) is 0.344. The summed E-state index contributed by atoms with van der Waals surface area (Å²) in [6.45, 7) is 2.83. The van der Waals surface area contributed by atoms with Gasteiger partial charge in [-0.2, -0.15) is 13.2 Å². The van der Waals surface area contributed by atoms with E-state index in [0.29, 0.717) is 17.1 Å². The molecule has 2 heterocycles. The third-order valence-electron chi connectivity index (χ3n) is 4.83. The molecular weight excluding hydrogens is 355 g/mol. The Balaban J connectivity index is 1.71. The highest BCUT2D eigenvalue weighted by molar-refractivity contribution is 5.94. The molecule has 1 aliphatic rings. The monoisotopic (exact) mass is 377 g/mol. The Morgan fingerprint density at radius 1 is 1.26 bits per heavy atom. The normalized spacial score (nSPS) is 17.6. The van der Waals surface area contributed by atoms with Crippen molar-refractivity contribution < 1.29 is 18.0 Å². The number of pyridine rings is 1. The Morgan fingerprint density at radius 3 is 2.74 bits per heavy atom. The third-order valence-corrected chi connectivity index (χ3v) is 4.83. The summed E-state index contributed by atoms with van der Waals surface area (Å²) >= 11 is 0. The zero-order chi connectivity index (χ0) is 19.4. The number of hydrogen-bond donors (Lipinski definition) is 1. The second-order valence-corrected chi connectivity index (χ2v) is 6.69. The van der Waals surface area contributed by atoms with Crippen LogP contribution < -0.4 is 5.32 Å². The number of anilines is 2. The zero-order valence-corrected chi connectivity index (χ0v) is 15.1. The lowest BCUT2D eigenvalue weighted by Gasteiger charge is -2.35. The van der Waals surface area contributed by atoms with Crippen molar-refractivity contribution in [3.63, 3.8) is 0 Å². The van der Waals surface area contributed by atoms with Gasteiger partial charge in [0.05, 0.1) is 11.1 Å². The number of aromatic nitrogens is 1. The maximum Gasteiger partial charge on any atom is 0.416 e. The van der Waals surface area contributed by atoms with Crippen molar-refractivity contribution in [2.45, 2.75) is 44.8 Å². The highest BCUT2D eigenvalue weighted by Crippen LogP contribution is 2.31. The van der Waals surface area contributed by atoms with Crippen molar-refractivity contribution in [1.82, 2.24) is 9.88 Å². The third kappa shape index (κ3) is 4.59. The fraction of sp³-hybridized carbons (Fsp3) is 0.400. The molecule has 1 saturated heterocycles. The number of halogens is 3. The van der Waals surface area contributed by atoms with Crippen LogP contribution in [0, 0.1) is 0 Å². The first kappa shape index (κ1) is 19.2. The van der Waals surface area contributed by atoms with Crippen molar-refractivity contribution in [3.8, 4) is 0 Å². The van der Waals surface area contributed by atoms with Crippen LogP contribution >= 0.6 is 0 Å². The van der Waals surface area contributed by atoms with Gasteiger partial charge in [0.1, 0.15) is 5.82 Å². The first-order valence-corrected chi connectivity index (χ1v) is 9.10. The molecule has 0 aliphatic carbocycles. The van der Waals surface area contributed by atoms with Gasteiger partial charge < -0.3 is 10.2 Å². The lowest BCUT2D eigenvalue weighted by atomic mass is 9.99. The number of nitrogens with one attached hydrogen (secondary N) is 1. The van der Waals surface area contributed by atoms with E-state index in [0.717, 1.165) is 44.4 Å². The molecule has 1 atom stereocenters. The first-order valence-electron chi connectivity index (χ1n) is 9.10. The van der Waals surface area contributed by atoms with Crippen molar-refractivity contribution in [2.24, 2.45) is 0 Å². The van der Waals surface area contributed by atoms with Crippen molar-refractivity contribution in [1.29, 1.82) is 0 Å². The molecule has 27 heavy (non-hydrogen) atoms. The number of carbonyl (C=O) groups excluding carboxylic acids is 1. The highest BCUT2D eigenvalue weighted by Gasteiger charge is 2.30. The average Bonchev–Trinajstić information content (AvgIpc) is 2.67. The van der Waals surface area contributed by atoms with E-state index in [9.17, 15) is 18.0 Å². The topological polar surface area (TPSA) is 45.2 Å². The molecule has 1 aromatic carbocycles. The van der Waals surface area contributed by atoms with E-state index in [-0.39, 0.29) is 11.9 Å². The van der Waals surface area contributed by atoms with Gasteiger partial charge in [0.15, 0.2) is 0 Å². The van der Waals surface area contributed by atoms with Gasteiger partial charge in [-0.15, -0.1) is 0 Å². The quantitative estimate of drug-likeness (QED) is 0.792. The maximum atomic E-state index is 12.8. The van der Waals surface area contributed by atoms with E-state index in [1.54, 1.807) is 12.1 Å². The van der Waals surface area contributed by atoms with Crippen LogP contribution in [0.5, 0.6) is 0 Å². The molecule has 1 aliphatic heterocycles. The van der Waals surface area contributed by atoms with E-state index < -0.39 is 11.7 Å². The van der Waals surface area contributed by atoms with Crippen LogP contribution in [0.25, 0.3) is 0 Å². The lowest BCUT2D eigenvalue weighted by molar-refractivity contribution is -0.137. The van der Waals surface area contributed by atoms with E-state index in [2.05, 4.69) is 17.2 Å². The standard InChI is InChI=1S/C20H22F3N3O/c1-2-17-8-3-4-11-26(17)19(27)14-9-10-18(24-13-14)25-16-7-5-6-15(12-16)20(21,22)23/h5-7,9-10,12-13,17H,2-4,8,11H2,1H3,(H,24,25). The molecule has 0 radical (unpaired) electrons. The number of rotatable bonds is 4. The Hall–Kier alpha value is -2.57. The summed E-state index contributed by atoms with van der Waals surface area (Å²) in [5.41, 5.74) is 0.0541. The minimum atomic E-state index is -4.40. The predicted octanol–water partition coefficient (Wildman–Crippen LogP) is 5.25. The summed E-state index contributed by atoms with van der Waals surface area (Å²) in [7, 11) is 0. The summed E-state index contributed by atoms with van der Waals surface area (Å²) in [5, 5.41) is 2.85. The Morgan fingerprint density at radius 2 is 2.07 bits per heavy atom. The van der Waals surface area contributed by atoms with Crippen molar-refractivity contribution in [3.05, 3.63) is 53.7 Å². The zero-order valence-electron chi connectivity index (χ0n) is 15.1. The summed E-state index contributed by atoms with van der Waals surface area (Å²) in [6, 6.07) is 8.45. The molecule has 1 fully saturated rings. The number of likely N-dealkylation sites (tertiary alicyclic amines) is 1. The molecule has 7 heteroatoms. The lowest BCUT2D eigenvalue weighted by Crippen LogP contribution is -2.43. The number of piperidine rings is 1. The molecule has 1 unspecified atom stereocenters. The number of carbonyl (C=O) groups is 1. The van der Waals surface area contributed by atoms with E-state index in [1.165, 1.54) is 18.3 Å². The van der Waals surface area contributed by atoms with Gasteiger partial charge >= 0.3 is 6.18 Å². The van der Waals surface area contributed by atoms with Gasteiger partial charge in [-0.25, -0.2) is 4.98 Å². The largest absolute Gasteiger partial charge is 0.416 e. The van der Waals surface area contributed by atoms with Crippen molar-refractivity contribution >= 4 is 17.4 Å². The first-order chi connectivity index (χ1) is 12.9. The average molecular weight is 377 g/mol. The molecule has 2 aromatic rings. The van der Waals surface area contributed by atoms with Crippen molar-refractivity contribution in [2.75, 3.05) is 11.9 Å². The summed E-state index contributed by atoms with van der Waals surface area (Å²) in [6.07, 6.45) is 1.16. The molecule has 4 nitrogen and oxygen atoms in total. The van der Waals surface area contributed by atoms with Gasteiger partial charge in [0.2, 0.25) is 0 Å². The molecule has 144 valence electrons. The summed E-state index contributed by atoms with van der Waals surface area (Å²) < 4.78 is 38.4. The number of alkyl halides is 3. The van der Waals surface area contributed by atoms with Gasteiger partial charge in [-0.05, 0) is 56.0 Å². The molecular formula is C20H22F3N3O. The predicted molar refractivity (Wildman–Crippen MR) is 97.9 cm³/mol. The van der Waals surface area contributed by atoms with Crippen LogP contribution in [0.2, 0.25) is 0 Å². The van der Waals surface area contributed by atoms with Crippen LogP contribution in [0.15, 0.2) is 42.6 Å². The van der Waals surface area contributed by atoms with Gasteiger partial charge in [-0.1, -0.05) is 13.0 Å². The van der Waals surface area contributed by atoms with Crippen LogP contribution in [0.3, 0.4) is 0 Å². The number of benzene rings is 1. The Labute approximate surface area is 156 Å². The molecule has 1 amide bonds. The number of amides is 1. The molecule has 0 spiro atoms. The molecule has 0 bridgehead atoms. The molecule has 1 aromatic heterocycles. The van der Waals surface area contributed by atoms with Crippen LogP contribution in [0.1, 0.15) is 48.5 Å². The van der Waals surface area contributed by atoms with Crippen LogP contribution in [-0.2, 0) is 6.18 Å². The van der Waals surface area contributed by atoms with Gasteiger partial charge in [-0.3, -0.25) is 4.79 Å². The van der Waals surface area contributed by atoms with Gasteiger partial charge in [0.25, 0.3) is 5.91 Å². The molecule has 3 rings (SSSR count). The van der Waals surface area contributed by atoms with Gasteiger partial charge in [0, 0.05) is 24.5 Å². The minimum absolute atomic E-state index is 0.0420.